The average Bonchev–Trinajstić information content (AvgIpc) is 2.17. The van der Waals surface area contributed by atoms with Gasteiger partial charge in [-0.05, 0) is 52.4 Å². The van der Waals surface area contributed by atoms with Crippen molar-refractivity contribution in [1.29, 1.82) is 0 Å². The Morgan fingerprint density at radius 2 is 1.86 bits per heavy atom. The predicted molar refractivity (Wildman–Crippen MR) is 61.5 cm³/mol. The van der Waals surface area contributed by atoms with E-state index in [1.807, 2.05) is 13.0 Å². The first-order chi connectivity index (χ1) is 6.66. The van der Waals surface area contributed by atoms with Crippen molar-refractivity contribution in [2.45, 2.75) is 39.5 Å². The number of nitrogens with zero attached hydrogens (tertiary/aromatic N) is 1. The summed E-state index contributed by atoms with van der Waals surface area (Å²) in [4.78, 5) is 12.5. The van der Waals surface area contributed by atoms with E-state index in [1.54, 1.807) is 13.0 Å². The van der Waals surface area contributed by atoms with E-state index in [9.17, 15) is 4.79 Å². The number of likely N-dealkylation sites (tertiary alicyclic amines) is 1. The molecule has 0 amide bonds. The Morgan fingerprint density at radius 1 is 1.29 bits per heavy atom. The minimum Gasteiger partial charge on any atom is -0.306 e. The summed E-state index contributed by atoms with van der Waals surface area (Å²) in [5.74, 6) is 0.127. The molecule has 0 saturated carbocycles. The summed E-state index contributed by atoms with van der Waals surface area (Å²) in [7, 11) is 2.19. The van der Waals surface area contributed by atoms with Gasteiger partial charge in [0.15, 0.2) is 5.78 Å². The monoisotopic (exact) mass is 197 g/mol. The molecule has 0 aliphatic carbocycles. The van der Waals surface area contributed by atoms with Crippen LogP contribution in [0.25, 0.3) is 0 Å². The average molecular weight is 197 g/mol. The summed E-state index contributed by atoms with van der Waals surface area (Å²) >= 11 is 0. The van der Waals surface area contributed by atoms with E-state index in [4.69, 9.17) is 0 Å². The van der Waals surface area contributed by atoms with Crippen LogP contribution in [-0.2, 0) is 4.79 Å². The van der Waals surface area contributed by atoms with Crippen LogP contribution in [0.5, 0.6) is 0 Å². The van der Waals surface area contributed by atoms with Crippen LogP contribution in [0.2, 0.25) is 0 Å². The molecule has 1 rings (SSSR count). The molecule has 1 aliphatic heterocycles. The molecule has 82 valence electrons. The molecule has 1 heterocycles. The summed E-state index contributed by atoms with van der Waals surface area (Å²) < 4.78 is 0. The van der Waals surface area contributed by atoms with Crippen LogP contribution in [0.3, 0.4) is 0 Å². The molecule has 2 heteroatoms. The molecule has 0 unspecified atom stereocenters. The number of piperidine rings is 1. The fraction of sp³-hybridized carbons (Fsp3) is 0.750. The van der Waals surface area contributed by atoms with Gasteiger partial charge in [0.05, 0.1) is 0 Å². The third kappa shape index (κ3) is 9.46. The van der Waals surface area contributed by atoms with E-state index in [0.717, 1.165) is 6.42 Å². The summed E-state index contributed by atoms with van der Waals surface area (Å²) in [5, 5.41) is 0. The minimum atomic E-state index is 0.127. The largest absolute Gasteiger partial charge is 0.306 e. The summed E-state index contributed by atoms with van der Waals surface area (Å²) in [6.45, 7) is 6.19. The van der Waals surface area contributed by atoms with Gasteiger partial charge in [-0.3, -0.25) is 4.79 Å². The van der Waals surface area contributed by atoms with Crippen molar-refractivity contribution in [1.82, 2.24) is 4.90 Å². The first-order valence-electron chi connectivity index (χ1n) is 5.52. The van der Waals surface area contributed by atoms with Gasteiger partial charge in [0, 0.05) is 0 Å². The third-order valence-corrected chi connectivity index (χ3v) is 2.17. The van der Waals surface area contributed by atoms with Crippen LogP contribution in [0.4, 0.5) is 0 Å². The maximum Gasteiger partial charge on any atom is 0.152 e. The molecule has 0 spiro atoms. The first-order valence-corrected chi connectivity index (χ1v) is 5.52. The Hall–Kier alpha value is -0.630. The molecule has 1 aliphatic rings. The number of hydrogen-bond acceptors (Lipinski definition) is 2. The minimum absolute atomic E-state index is 0.127. The number of rotatable bonds is 2. The lowest BCUT2D eigenvalue weighted by atomic mass is 10.1. The van der Waals surface area contributed by atoms with Gasteiger partial charge in [0.1, 0.15) is 0 Å². The van der Waals surface area contributed by atoms with Gasteiger partial charge in [-0.2, -0.15) is 0 Å². The summed E-state index contributed by atoms with van der Waals surface area (Å²) in [6.07, 6.45) is 8.65. The molecule has 0 atom stereocenters. The molecule has 1 fully saturated rings. The number of hydrogen-bond donors (Lipinski definition) is 0. The van der Waals surface area contributed by atoms with Gasteiger partial charge in [-0.15, -0.1) is 0 Å². The van der Waals surface area contributed by atoms with Gasteiger partial charge in [-0.1, -0.05) is 19.4 Å². The van der Waals surface area contributed by atoms with E-state index < -0.39 is 0 Å². The van der Waals surface area contributed by atoms with Crippen molar-refractivity contribution in [3.63, 3.8) is 0 Å². The van der Waals surface area contributed by atoms with Crippen LogP contribution in [-0.4, -0.2) is 30.8 Å². The first kappa shape index (κ1) is 13.4. The molecule has 0 aromatic rings. The zero-order valence-electron chi connectivity index (χ0n) is 9.75. The molecule has 0 aromatic carbocycles. The van der Waals surface area contributed by atoms with Crippen molar-refractivity contribution >= 4 is 5.78 Å². The van der Waals surface area contributed by atoms with E-state index in [-0.39, 0.29) is 5.78 Å². The Bertz CT molecular complexity index is 169. The summed E-state index contributed by atoms with van der Waals surface area (Å²) in [5.41, 5.74) is 0. The maximum absolute atomic E-state index is 10.1. The Morgan fingerprint density at radius 3 is 2.07 bits per heavy atom. The van der Waals surface area contributed by atoms with Crippen LogP contribution in [0.1, 0.15) is 39.5 Å². The van der Waals surface area contributed by atoms with E-state index in [0.29, 0.717) is 0 Å². The lowest BCUT2D eigenvalue weighted by Gasteiger charge is -2.20. The molecule has 0 N–H and O–H groups in total. The molecule has 0 bridgehead atoms. The number of ketones is 1. The zero-order valence-corrected chi connectivity index (χ0v) is 9.75. The van der Waals surface area contributed by atoms with Crippen molar-refractivity contribution in [2.24, 2.45) is 0 Å². The van der Waals surface area contributed by atoms with Gasteiger partial charge in [-0.25, -0.2) is 0 Å². The second kappa shape index (κ2) is 8.95. The van der Waals surface area contributed by atoms with Gasteiger partial charge < -0.3 is 4.90 Å². The van der Waals surface area contributed by atoms with Crippen molar-refractivity contribution in [3.05, 3.63) is 12.2 Å². The molecular weight excluding hydrogens is 174 g/mol. The lowest BCUT2D eigenvalue weighted by Crippen LogP contribution is -2.24. The SMILES string of the molecule is CCC=CC(C)=O.CN1CCCCC1. The molecule has 2 nitrogen and oxygen atoms in total. The summed E-state index contributed by atoms with van der Waals surface area (Å²) in [6, 6.07) is 0. The Kier molecular flexibility index (Phi) is 8.54. The maximum atomic E-state index is 10.1. The van der Waals surface area contributed by atoms with Gasteiger partial charge >= 0.3 is 0 Å². The lowest BCUT2D eigenvalue weighted by molar-refractivity contribution is -0.112. The highest BCUT2D eigenvalue weighted by atomic mass is 16.1. The molecular formula is C12H23NO. The second-order valence-electron chi connectivity index (χ2n) is 3.79. The smallest absolute Gasteiger partial charge is 0.152 e. The molecule has 1 saturated heterocycles. The fourth-order valence-electron chi connectivity index (χ4n) is 1.34. The van der Waals surface area contributed by atoms with Crippen LogP contribution in [0.15, 0.2) is 12.2 Å². The number of carbonyl (C=O) groups excluding carboxylic acids is 1. The zero-order chi connectivity index (χ0) is 10.8. The molecule has 14 heavy (non-hydrogen) atoms. The predicted octanol–water partition coefficient (Wildman–Crippen LogP) is 2.64. The fourth-order valence-corrected chi connectivity index (χ4v) is 1.34. The van der Waals surface area contributed by atoms with Gasteiger partial charge in [0.25, 0.3) is 0 Å². The quantitative estimate of drug-likeness (QED) is 0.634. The van der Waals surface area contributed by atoms with Crippen LogP contribution >= 0.6 is 0 Å². The normalized spacial score (nSPS) is 17.6. The standard InChI is InChI=1S/C6H13N.C6H10O/c1-7-5-3-2-4-6-7;1-3-4-5-6(2)7/h2-6H2,1H3;4-5H,3H2,1-2H3. The second-order valence-corrected chi connectivity index (χ2v) is 3.79. The Balaban J connectivity index is 0.000000241. The topological polar surface area (TPSA) is 20.3 Å². The van der Waals surface area contributed by atoms with Crippen molar-refractivity contribution < 1.29 is 4.79 Å². The number of carbonyl (C=O) groups is 1. The van der Waals surface area contributed by atoms with Crippen molar-refractivity contribution in [3.8, 4) is 0 Å². The molecule has 0 radical (unpaired) electrons. The molecule has 0 aromatic heterocycles. The Labute approximate surface area is 88.0 Å². The highest BCUT2D eigenvalue weighted by molar-refractivity contribution is 5.87. The van der Waals surface area contributed by atoms with Gasteiger partial charge in [0.2, 0.25) is 0 Å². The van der Waals surface area contributed by atoms with Crippen molar-refractivity contribution in [2.75, 3.05) is 20.1 Å². The van der Waals surface area contributed by atoms with Crippen LogP contribution in [0, 0.1) is 0 Å². The van der Waals surface area contributed by atoms with E-state index in [2.05, 4.69) is 11.9 Å². The highest BCUT2D eigenvalue weighted by Gasteiger charge is 2.02. The van der Waals surface area contributed by atoms with E-state index in [1.165, 1.54) is 32.4 Å². The third-order valence-electron chi connectivity index (χ3n) is 2.17. The highest BCUT2D eigenvalue weighted by Crippen LogP contribution is 2.04. The van der Waals surface area contributed by atoms with Crippen LogP contribution < -0.4 is 0 Å². The van der Waals surface area contributed by atoms with E-state index >= 15 is 0 Å². The number of allylic oxidation sites excluding steroid dienone is 2.